The first-order valence-electron chi connectivity index (χ1n) is 27.7. The van der Waals surface area contributed by atoms with Crippen LogP contribution in [-0.4, -0.2) is 37.2 Å². The molecule has 0 saturated carbocycles. The number of esters is 3. The van der Waals surface area contributed by atoms with Crippen molar-refractivity contribution in [2.45, 2.75) is 290 Å². The smallest absolute Gasteiger partial charge is 0.306 e. The van der Waals surface area contributed by atoms with E-state index < -0.39 is 6.10 Å². The topological polar surface area (TPSA) is 78.9 Å². The molecule has 372 valence electrons. The second-order valence-corrected chi connectivity index (χ2v) is 18.5. The van der Waals surface area contributed by atoms with Crippen molar-refractivity contribution < 1.29 is 28.6 Å². The lowest BCUT2D eigenvalue weighted by molar-refractivity contribution is -0.167. The number of hydrogen-bond acceptors (Lipinski definition) is 6. The van der Waals surface area contributed by atoms with Gasteiger partial charge in [-0.2, -0.15) is 0 Å². The van der Waals surface area contributed by atoms with Gasteiger partial charge in [0.25, 0.3) is 0 Å². The molecule has 0 rings (SSSR count). The molecule has 0 bridgehead atoms. The van der Waals surface area contributed by atoms with E-state index in [2.05, 4.69) is 69.4 Å². The highest BCUT2D eigenvalue weighted by molar-refractivity contribution is 5.71. The van der Waals surface area contributed by atoms with Crippen molar-refractivity contribution in [1.82, 2.24) is 0 Å². The maximum absolute atomic E-state index is 12.8. The summed E-state index contributed by atoms with van der Waals surface area (Å²) in [6.45, 7) is 6.51. The predicted octanol–water partition coefficient (Wildman–Crippen LogP) is 18.3. The van der Waals surface area contributed by atoms with Gasteiger partial charge < -0.3 is 14.2 Å². The van der Waals surface area contributed by atoms with E-state index in [0.29, 0.717) is 19.3 Å². The maximum atomic E-state index is 12.8. The Balaban J connectivity index is 4.35. The van der Waals surface area contributed by atoms with Crippen LogP contribution < -0.4 is 0 Å². The fourth-order valence-electron chi connectivity index (χ4n) is 7.97. The van der Waals surface area contributed by atoms with Gasteiger partial charge in [0.1, 0.15) is 13.2 Å². The second kappa shape index (κ2) is 53.0. The number of unbranched alkanes of at least 4 members (excludes halogenated alkanes) is 33. The Morgan fingerprint density at radius 3 is 1.00 bits per heavy atom. The number of allylic oxidation sites excluding steroid dienone is 8. The largest absolute Gasteiger partial charge is 0.462 e. The van der Waals surface area contributed by atoms with Crippen molar-refractivity contribution in [1.29, 1.82) is 0 Å². The van der Waals surface area contributed by atoms with Crippen LogP contribution in [0.2, 0.25) is 0 Å². The van der Waals surface area contributed by atoms with Crippen LogP contribution in [-0.2, 0) is 28.6 Å². The minimum atomic E-state index is -0.783. The third-order valence-electron chi connectivity index (χ3n) is 12.1. The number of carbonyl (C=O) groups is 3. The Morgan fingerprint density at radius 2 is 0.625 bits per heavy atom. The summed E-state index contributed by atoms with van der Waals surface area (Å²) in [4.78, 5) is 38.1. The lowest BCUT2D eigenvalue weighted by Gasteiger charge is -2.18. The van der Waals surface area contributed by atoms with E-state index >= 15 is 0 Å². The van der Waals surface area contributed by atoms with Crippen LogP contribution in [0.4, 0.5) is 0 Å². The number of carbonyl (C=O) groups excluding carboxylic acids is 3. The first-order chi connectivity index (χ1) is 31.5. The lowest BCUT2D eigenvalue weighted by Crippen LogP contribution is -2.30. The van der Waals surface area contributed by atoms with E-state index in [1.54, 1.807) is 0 Å². The van der Waals surface area contributed by atoms with E-state index in [1.807, 2.05) is 0 Å². The van der Waals surface area contributed by atoms with Gasteiger partial charge in [0.2, 0.25) is 0 Å². The van der Waals surface area contributed by atoms with Crippen molar-refractivity contribution in [2.75, 3.05) is 13.2 Å². The second-order valence-electron chi connectivity index (χ2n) is 18.5. The fraction of sp³-hybridized carbons (Fsp3) is 0.810. The summed E-state index contributed by atoms with van der Waals surface area (Å²) < 4.78 is 16.8. The minimum Gasteiger partial charge on any atom is -0.462 e. The molecule has 0 aliphatic carbocycles. The van der Waals surface area contributed by atoms with Crippen LogP contribution in [0.5, 0.6) is 0 Å². The van der Waals surface area contributed by atoms with Crippen LogP contribution in [0, 0.1) is 0 Å². The van der Waals surface area contributed by atoms with Crippen molar-refractivity contribution in [2.24, 2.45) is 0 Å². The molecule has 0 radical (unpaired) electrons. The van der Waals surface area contributed by atoms with Gasteiger partial charge in [0.05, 0.1) is 0 Å². The Morgan fingerprint density at radius 1 is 0.328 bits per heavy atom. The van der Waals surface area contributed by atoms with Crippen LogP contribution in [0.15, 0.2) is 48.6 Å². The average molecular weight is 897 g/mol. The number of rotatable bonds is 50. The molecule has 0 fully saturated rings. The first-order valence-corrected chi connectivity index (χ1v) is 27.7. The zero-order valence-electron chi connectivity index (χ0n) is 42.6. The van der Waals surface area contributed by atoms with E-state index in [4.69, 9.17) is 14.2 Å². The van der Waals surface area contributed by atoms with E-state index in [0.717, 1.165) is 83.5 Å². The highest BCUT2D eigenvalue weighted by Crippen LogP contribution is 2.16. The molecule has 0 aromatic rings. The predicted molar refractivity (Wildman–Crippen MR) is 275 cm³/mol. The zero-order valence-corrected chi connectivity index (χ0v) is 42.6. The maximum Gasteiger partial charge on any atom is 0.306 e. The third kappa shape index (κ3) is 50.4. The van der Waals surface area contributed by atoms with E-state index in [-0.39, 0.29) is 31.1 Å². The van der Waals surface area contributed by atoms with Gasteiger partial charge in [-0.3, -0.25) is 14.4 Å². The molecule has 0 aromatic carbocycles. The van der Waals surface area contributed by atoms with Gasteiger partial charge in [-0.25, -0.2) is 0 Å². The Bertz CT molecular complexity index is 1120. The summed E-state index contributed by atoms with van der Waals surface area (Å²) in [7, 11) is 0. The molecule has 64 heavy (non-hydrogen) atoms. The van der Waals surface area contributed by atoms with Crippen molar-refractivity contribution in [3.05, 3.63) is 48.6 Å². The van der Waals surface area contributed by atoms with Crippen LogP contribution >= 0.6 is 0 Å². The molecule has 0 spiro atoms. The highest BCUT2D eigenvalue weighted by atomic mass is 16.6. The van der Waals surface area contributed by atoms with Gasteiger partial charge in [-0.15, -0.1) is 0 Å². The highest BCUT2D eigenvalue weighted by Gasteiger charge is 2.19. The molecule has 0 aromatic heterocycles. The normalized spacial score (nSPS) is 12.4. The SMILES string of the molecule is CC\C=C/C=C\C=C/CCCCCCCCCC(=O)OC(COC(=O)CCCCC/C=C\CCCCCCCC)COC(=O)CCCCCCCCCCCCCCCCCCCC. The van der Waals surface area contributed by atoms with E-state index in [1.165, 1.54) is 161 Å². The first kappa shape index (κ1) is 61.4. The van der Waals surface area contributed by atoms with Gasteiger partial charge in [-0.05, 0) is 64.2 Å². The van der Waals surface area contributed by atoms with Crippen LogP contribution in [0.1, 0.15) is 284 Å². The third-order valence-corrected chi connectivity index (χ3v) is 12.1. The number of ether oxygens (including phenoxy) is 3. The Hall–Kier alpha value is -2.63. The van der Waals surface area contributed by atoms with Gasteiger partial charge >= 0.3 is 17.9 Å². The minimum absolute atomic E-state index is 0.0800. The molecule has 1 unspecified atom stereocenters. The van der Waals surface area contributed by atoms with Crippen molar-refractivity contribution in [3.63, 3.8) is 0 Å². The molecule has 0 amide bonds. The molecule has 0 heterocycles. The van der Waals surface area contributed by atoms with Crippen molar-refractivity contribution >= 4 is 17.9 Å². The molecular formula is C58H104O6. The molecular weight excluding hydrogens is 793 g/mol. The molecule has 0 aliphatic heterocycles. The molecule has 0 aliphatic rings. The lowest BCUT2D eigenvalue weighted by atomic mass is 10.0. The summed E-state index contributed by atoms with van der Waals surface area (Å²) >= 11 is 0. The average Bonchev–Trinajstić information content (AvgIpc) is 3.29. The quantitative estimate of drug-likeness (QED) is 0.0199. The molecule has 6 heteroatoms. The van der Waals surface area contributed by atoms with Crippen LogP contribution in [0.25, 0.3) is 0 Å². The number of hydrogen-bond donors (Lipinski definition) is 0. The molecule has 0 saturated heterocycles. The summed E-state index contributed by atoms with van der Waals surface area (Å²) in [5, 5.41) is 0. The fourth-order valence-corrected chi connectivity index (χ4v) is 7.97. The molecule has 1 atom stereocenters. The van der Waals surface area contributed by atoms with Gasteiger partial charge in [0, 0.05) is 19.3 Å². The van der Waals surface area contributed by atoms with E-state index in [9.17, 15) is 14.4 Å². The zero-order chi connectivity index (χ0) is 46.5. The monoisotopic (exact) mass is 897 g/mol. The van der Waals surface area contributed by atoms with Crippen molar-refractivity contribution in [3.8, 4) is 0 Å². The summed E-state index contributed by atoms with van der Waals surface area (Å²) in [6, 6.07) is 0. The van der Waals surface area contributed by atoms with Gasteiger partial charge in [-0.1, -0.05) is 249 Å². The summed E-state index contributed by atoms with van der Waals surface area (Å²) in [6.07, 6.45) is 63.8. The Kier molecular flexibility index (Phi) is 50.8. The summed E-state index contributed by atoms with van der Waals surface area (Å²) in [5.74, 6) is -0.897. The molecule has 6 nitrogen and oxygen atoms in total. The van der Waals surface area contributed by atoms with Crippen LogP contribution in [0.3, 0.4) is 0 Å². The molecule has 0 N–H and O–H groups in total. The van der Waals surface area contributed by atoms with Gasteiger partial charge in [0.15, 0.2) is 6.10 Å². The standard InChI is InChI=1S/C58H104O6/c1-4-7-10-13-16-19-22-25-27-28-29-31-33-36-39-42-45-48-51-57(60)63-54-55(53-62-56(59)50-47-44-41-38-35-32-24-21-18-15-12-9-6-3)64-58(61)52-49-46-43-40-37-34-30-26-23-20-17-14-11-8-5-2/h8,11,14,17,20,23,32,35,55H,4-7,9-10,12-13,15-16,18-19,21-22,24-31,33-34,36-54H2,1-3H3/b11-8-,17-14-,23-20-,35-32-. The Labute approximate surface area is 397 Å². The summed E-state index contributed by atoms with van der Waals surface area (Å²) in [5.41, 5.74) is 0.